The molecule has 1 heteroatoms. The molecule has 0 bridgehead atoms. The topological polar surface area (TPSA) is 20.2 Å². The van der Waals surface area contributed by atoms with Crippen molar-refractivity contribution in [1.82, 2.24) is 0 Å². The van der Waals surface area contributed by atoms with Gasteiger partial charge in [-0.3, -0.25) is 0 Å². The SMILES string of the molecule is CC.CC1C=CC=C(c2ccccc2)C=C1.CO. The summed E-state index contributed by atoms with van der Waals surface area (Å²) in [4.78, 5) is 0. The molecule has 1 nitrogen and oxygen atoms in total. The van der Waals surface area contributed by atoms with Crippen molar-refractivity contribution in [2.75, 3.05) is 7.11 Å². The highest BCUT2D eigenvalue weighted by Crippen LogP contribution is 2.19. The van der Waals surface area contributed by atoms with Crippen LogP contribution < -0.4 is 0 Å². The lowest BCUT2D eigenvalue weighted by Crippen LogP contribution is -1.80. The summed E-state index contributed by atoms with van der Waals surface area (Å²) in [5, 5.41) is 7.00. The van der Waals surface area contributed by atoms with E-state index in [1.165, 1.54) is 11.1 Å². The van der Waals surface area contributed by atoms with Gasteiger partial charge in [0.25, 0.3) is 0 Å². The number of benzene rings is 1. The second kappa shape index (κ2) is 10.5. The summed E-state index contributed by atoms with van der Waals surface area (Å²) in [6.07, 6.45) is 10.9. The van der Waals surface area contributed by atoms with Crippen molar-refractivity contribution in [2.45, 2.75) is 20.8 Å². The van der Waals surface area contributed by atoms with E-state index in [0.29, 0.717) is 5.92 Å². The van der Waals surface area contributed by atoms with E-state index in [-0.39, 0.29) is 0 Å². The summed E-state index contributed by atoms with van der Waals surface area (Å²) >= 11 is 0. The van der Waals surface area contributed by atoms with Gasteiger partial charge in [0.2, 0.25) is 0 Å². The Morgan fingerprint density at radius 2 is 1.56 bits per heavy atom. The molecular weight excluding hydrogens is 220 g/mol. The minimum absolute atomic E-state index is 0.535. The third kappa shape index (κ3) is 5.65. The van der Waals surface area contributed by atoms with Gasteiger partial charge in [0.1, 0.15) is 0 Å². The van der Waals surface area contributed by atoms with Crippen LogP contribution in [0.4, 0.5) is 0 Å². The van der Waals surface area contributed by atoms with Gasteiger partial charge in [-0.15, -0.1) is 0 Å². The van der Waals surface area contributed by atoms with Gasteiger partial charge in [-0.25, -0.2) is 0 Å². The Bertz CT molecular complexity index is 385. The van der Waals surface area contributed by atoms with Crippen molar-refractivity contribution in [3.8, 4) is 0 Å². The van der Waals surface area contributed by atoms with Crippen LogP contribution in [0.2, 0.25) is 0 Å². The second-order valence-electron chi connectivity index (χ2n) is 3.59. The average Bonchev–Trinajstić information content (AvgIpc) is 2.69. The van der Waals surface area contributed by atoms with Crippen molar-refractivity contribution >= 4 is 5.57 Å². The molecule has 98 valence electrons. The second-order valence-corrected chi connectivity index (χ2v) is 3.59. The van der Waals surface area contributed by atoms with E-state index < -0.39 is 0 Å². The van der Waals surface area contributed by atoms with Gasteiger partial charge >= 0.3 is 0 Å². The van der Waals surface area contributed by atoms with Gasteiger partial charge in [0.15, 0.2) is 0 Å². The number of allylic oxidation sites excluding steroid dienone is 6. The molecule has 1 aromatic carbocycles. The molecule has 18 heavy (non-hydrogen) atoms. The molecule has 0 aliphatic heterocycles. The van der Waals surface area contributed by atoms with E-state index >= 15 is 0 Å². The summed E-state index contributed by atoms with van der Waals surface area (Å²) in [6, 6.07) is 10.5. The maximum Gasteiger partial charge on any atom is 0.0319 e. The van der Waals surface area contributed by atoms with Crippen molar-refractivity contribution < 1.29 is 5.11 Å². The monoisotopic (exact) mass is 244 g/mol. The first-order valence-corrected chi connectivity index (χ1v) is 6.43. The van der Waals surface area contributed by atoms with Crippen LogP contribution >= 0.6 is 0 Å². The van der Waals surface area contributed by atoms with Crippen molar-refractivity contribution in [2.24, 2.45) is 5.92 Å². The van der Waals surface area contributed by atoms with Crippen molar-refractivity contribution in [3.63, 3.8) is 0 Å². The Hall–Kier alpha value is -1.60. The zero-order chi connectivity index (χ0) is 13.8. The van der Waals surface area contributed by atoms with Crippen LogP contribution in [0.3, 0.4) is 0 Å². The van der Waals surface area contributed by atoms with Crippen LogP contribution in [-0.2, 0) is 0 Å². The molecule has 1 N–H and O–H groups in total. The van der Waals surface area contributed by atoms with Crippen LogP contribution in [-0.4, -0.2) is 12.2 Å². The minimum Gasteiger partial charge on any atom is -0.400 e. The summed E-state index contributed by atoms with van der Waals surface area (Å²) in [5.74, 6) is 0.535. The predicted molar refractivity (Wildman–Crippen MR) is 81.4 cm³/mol. The first-order chi connectivity index (χ1) is 8.86. The maximum atomic E-state index is 7.00. The van der Waals surface area contributed by atoms with E-state index in [4.69, 9.17) is 5.11 Å². The molecule has 0 heterocycles. The van der Waals surface area contributed by atoms with E-state index in [1.807, 2.05) is 19.9 Å². The van der Waals surface area contributed by atoms with E-state index in [0.717, 1.165) is 7.11 Å². The van der Waals surface area contributed by atoms with Gasteiger partial charge in [-0.1, -0.05) is 81.5 Å². The highest BCUT2D eigenvalue weighted by molar-refractivity contribution is 5.75. The van der Waals surface area contributed by atoms with Gasteiger partial charge in [0, 0.05) is 7.11 Å². The molecular formula is C17H24O. The quantitative estimate of drug-likeness (QED) is 0.773. The molecule has 0 radical (unpaired) electrons. The summed E-state index contributed by atoms with van der Waals surface area (Å²) in [7, 11) is 1.00. The Morgan fingerprint density at radius 3 is 2.17 bits per heavy atom. The van der Waals surface area contributed by atoms with E-state index in [1.54, 1.807) is 0 Å². The van der Waals surface area contributed by atoms with Gasteiger partial charge in [-0.2, -0.15) is 0 Å². The standard InChI is InChI=1S/C14H14.C2H6.CH4O/c1-12-6-5-9-14(11-10-12)13-7-3-2-4-8-13;2*1-2/h2-12H,1H3;1-2H3;2H,1H3. The lowest BCUT2D eigenvalue weighted by Gasteiger charge is -2.00. The zero-order valence-electron chi connectivity index (χ0n) is 11.8. The zero-order valence-corrected chi connectivity index (χ0v) is 11.8. The smallest absolute Gasteiger partial charge is 0.0319 e. The molecule has 1 aromatic rings. The number of hydrogen-bond acceptors (Lipinski definition) is 1. The maximum absolute atomic E-state index is 7.00. The number of hydrogen-bond donors (Lipinski definition) is 1. The lowest BCUT2D eigenvalue weighted by atomic mass is 10.1. The van der Waals surface area contributed by atoms with Crippen molar-refractivity contribution in [1.29, 1.82) is 0 Å². The molecule has 0 amide bonds. The van der Waals surface area contributed by atoms with Crippen LogP contribution in [0.25, 0.3) is 5.57 Å². The molecule has 0 saturated carbocycles. The normalized spacial score (nSPS) is 16.5. The minimum atomic E-state index is 0.535. The first-order valence-electron chi connectivity index (χ1n) is 6.43. The van der Waals surface area contributed by atoms with Crippen LogP contribution in [0.5, 0.6) is 0 Å². The first kappa shape index (κ1) is 16.4. The Balaban J connectivity index is 0.000000659. The third-order valence-corrected chi connectivity index (χ3v) is 2.38. The predicted octanol–water partition coefficient (Wildman–Crippen LogP) is 4.47. The van der Waals surface area contributed by atoms with Gasteiger partial charge < -0.3 is 5.11 Å². The number of aliphatic hydroxyl groups is 1. The van der Waals surface area contributed by atoms with Crippen LogP contribution in [0.1, 0.15) is 26.3 Å². The molecule has 1 atom stereocenters. The van der Waals surface area contributed by atoms with Crippen LogP contribution in [0, 0.1) is 5.92 Å². The molecule has 1 aliphatic rings. The Kier molecular flexibility index (Phi) is 9.61. The lowest BCUT2D eigenvalue weighted by molar-refractivity contribution is 0.399. The molecule has 0 aromatic heterocycles. The fraction of sp³-hybridized carbons (Fsp3) is 0.294. The Labute approximate surface area is 111 Å². The molecule has 0 saturated heterocycles. The van der Waals surface area contributed by atoms with Crippen molar-refractivity contribution in [3.05, 3.63) is 66.3 Å². The molecule has 1 aliphatic carbocycles. The van der Waals surface area contributed by atoms with Gasteiger partial charge in [-0.05, 0) is 17.1 Å². The third-order valence-electron chi connectivity index (χ3n) is 2.38. The molecule has 0 fully saturated rings. The Morgan fingerprint density at radius 1 is 0.944 bits per heavy atom. The fourth-order valence-corrected chi connectivity index (χ4v) is 1.53. The van der Waals surface area contributed by atoms with Gasteiger partial charge in [0.05, 0.1) is 0 Å². The average molecular weight is 244 g/mol. The number of rotatable bonds is 1. The summed E-state index contributed by atoms with van der Waals surface area (Å²) in [6.45, 7) is 6.19. The summed E-state index contributed by atoms with van der Waals surface area (Å²) in [5.41, 5.74) is 2.56. The number of aliphatic hydroxyl groups excluding tert-OH is 1. The van der Waals surface area contributed by atoms with Crippen LogP contribution in [0.15, 0.2) is 60.7 Å². The highest BCUT2D eigenvalue weighted by atomic mass is 16.2. The molecule has 1 unspecified atom stereocenters. The van der Waals surface area contributed by atoms with E-state index in [2.05, 4.69) is 61.6 Å². The van der Waals surface area contributed by atoms with E-state index in [9.17, 15) is 0 Å². The molecule has 0 spiro atoms. The summed E-state index contributed by atoms with van der Waals surface area (Å²) < 4.78 is 0. The largest absolute Gasteiger partial charge is 0.400 e. The highest BCUT2D eigenvalue weighted by Gasteiger charge is 1.99. The molecule has 2 rings (SSSR count). The fourth-order valence-electron chi connectivity index (χ4n) is 1.53.